The van der Waals surface area contributed by atoms with Crippen LogP contribution in [0.1, 0.15) is 28.3 Å². The smallest absolute Gasteiger partial charge is 0.123 e. The summed E-state index contributed by atoms with van der Waals surface area (Å²) < 4.78 is 14.3. The van der Waals surface area contributed by atoms with Gasteiger partial charge in [-0.3, -0.25) is 11.3 Å². The van der Waals surface area contributed by atoms with Crippen LogP contribution in [0.4, 0.5) is 4.39 Å². The van der Waals surface area contributed by atoms with E-state index in [9.17, 15) is 4.39 Å². The molecule has 2 rings (SSSR count). The Balaban J connectivity index is 2.36. The molecule has 3 N–H and O–H groups in total. The molecule has 2 aromatic rings. The predicted molar refractivity (Wildman–Crippen MR) is 83.8 cm³/mol. The van der Waals surface area contributed by atoms with Crippen molar-refractivity contribution in [2.24, 2.45) is 5.84 Å². The van der Waals surface area contributed by atoms with Crippen LogP contribution in [-0.4, -0.2) is 0 Å². The Labute approximate surface area is 127 Å². The summed E-state index contributed by atoms with van der Waals surface area (Å²) in [5.41, 5.74) is 7.30. The number of hydrazine groups is 1. The number of rotatable bonds is 4. The monoisotopic (exact) mass is 336 g/mol. The van der Waals surface area contributed by atoms with Crippen LogP contribution >= 0.6 is 15.9 Å². The van der Waals surface area contributed by atoms with E-state index in [1.807, 2.05) is 6.07 Å². The van der Waals surface area contributed by atoms with Gasteiger partial charge in [0.15, 0.2) is 0 Å². The van der Waals surface area contributed by atoms with Gasteiger partial charge >= 0.3 is 0 Å². The number of nitrogens with two attached hydrogens (primary N) is 1. The first-order valence-corrected chi connectivity index (χ1v) is 7.28. The number of hydrogen-bond donors (Lipinski definition) is 2. The minimum Gasteiger partial charge on any atom is -0.271 e. The fourth-order valence-corrected chi connectivity index (χ4v) is 2.94. The predicted octanol–water partition coefficient (Wildman–Crippen LogP) is 3.95. The molecule has 0 aromatic heterocycles. The number of hydrogen-bond acceptors (Lipinski definition) is 2. The van der Waals surface area contributed by atoms with Crippen LogP contribution in [0.2, 0.25) is 0 Å². The fraction of sp³-hybridized carbons (Fsp3) is 0.250. The molecular weight excluding hydrogens is 319 g/mol. The lowest BCUT2D eigenvalue weighted by Crippen LogP contribution is -2.30. The van der Waals surface area contributed by atoms with Gasteiger partial charge in [-0.2, -0.15) is 0 Å². The molecule has 1 atom stereocenters. The third kappa shape index (κ3) is 3.26. The van der Waals surface area contributed by atoms with Gasteiger partial charge in [0.25, 0.3) is 0 Å². The highest BCUT2D eigenvalue weighted by Gasteiger charge is 2.16. The first kappa shape index (κ1) is 15.2. The Morgan fingerprint density at radius 3 is 2.45 bits per heavy atom. The molecule has 2 nitrogen and oxygen atoms in total. The zero-order valence-corrected chi connectivity index (χ0v) is 13.2. The van der Waals surface area contributed by atoms with E-state index < -0.39 is 0 Å². The SMILES string of the molecule is Cc1cccc(C)c1CC(NN)c1cc(F)ccc1Br. The first-order chi connectivity index (χ1) is 9.52. The van der Waals surface area contributed by atoms with E-state index in [1.54, 1.807) is 6.07 Å². The zero-order chi connectivity index (χ0) is 14.7. The molecule has 0 fully saturated rings. The van der Waals surface area contributed by atoms with Crippen LogP contribution in [-0.2, 0) is 6.42 Å². The second-order valence-corrected chi connectivity index (χ2v) is 5.81. The van der Waals surface area contributed by atoms with Gasteiger partial charge in [-0.05, 0) is 60.7 Å². The van der Waals surface area contributed by atoms with Crippen LogP contribution in [0.15, 0.2) is 40.9 Å². The highest BCUT2D eigenvalue weighted by Crippen LogP contribution is 2.28. The van der Waals surface area contributed by atoms with Crippen molar-refractivity contribution < 1.29 is 4.39 Å². The zero-order valence-electron chi connectivity index (χ0n) is 11.6. The number of benzene rings is 2. The maximum atomic E-state index is 13.5. The summed E-state index contributed by atoms with van der Waals surface area (Å²) in [5.74, 6) is 5.42. The molecule has 0 saturated heterocycles. The van der Waals surface area contributed by atoms with E-state index >= 15 is 0 Å². The van der Waals surface area contributed by atoms with Gasteiger partial charge in [0.2, 0.25) is 0 Å². The molecule has 4 heteroatoms. The van der Waals surface area contributed by atoms with Crippen molar-refractivity contribution in [2.45, 2.75) is 26.3 Å². The van der Waals surface area contributed by atoms with Gasteiger partial charge in [-0.25, -0.2) is 4.39 Å². The van der Waals surface area contributed by atoms with Crippen molar-refractivity contribution in [3.63, 3.8) is 0 Å². The summed E-state index contributed by atoms with van der Waals surface area (Å²) in [4.78, 5) is 0. The quantitative estimate of drug-likeness (QED) is 0.655. The number of halogens is 2. The topological polar surface area (TPSA) is 38.0 Å². The minimum absolute atomic E-state index is 0.139. The standard InChI is InChI=1S/C16H18BrFN2/c1-10-4-3-5-11(2)13(10)9-16(20-19)14-8-12(18)6-7-15(14)17/h3-8,16,20H,9,19H2,1-2H3. The first-order valence-electron chi connectivity index (χ1n) is 6.49. The van der Waals surface area contributed by atoms with E-state index in [0.29, 0.717) is 0 Å². The van der Waals surface area contributed by atoms with Gasteiger partial charge in [0.1, 0.15) is 5.82 Å². The molecule has 1 unspecified atom stereocenters. The summed E-state index contributed by atoms with van der Waals surface area (Å²) in [7, 11) is 0. The molecule has 0 radical (unpaired) electrons. The molecule has 0 aliphatic carbocycles. The van der Waals surface area contributed by atoms with E-state index in [-0.39, 0.29) is 11.9 Å². The summed E-state index contributed by atoms with van der Waals surface area (Å²) in [6.45, 7) is 4.16. The van der Waals surface area contributed by atoms with Gasteiger partial charge in [-0.15, -0.1) is 0 Å². The Kier molecular flexibility index (Phi) is 4.91. The van der Waals surface area contributed by atoms with Crippen molar-refractivity contribution in [1.82, 2.24) is 5.43 Å². The largest absolute Gasteiger partial charge is 0.271 e. The average molecular weight is 337 g/mol. The lowest BCUT2D eigenvalue weighted by molar-refractivity contribution is 0.540. The Morgan fingerprint density at radius 2 is 1.85 bits per heavy atom. The van der Waals surface area contributed by atoms with E-state index in [0.717, 1.165) is 16.5 Å². The second-order valence-electron chi connectivity index (χ2n) is 4.96. The third-order valence-corrected chi connectivity index (χ3v) is 4.31. The highest BCUT2D eigenvalue weighted by molar-refractivity contribution is 9.10. The number of aryl methyl sites for hydroxylation is 2. The lowest BCUT2D eigenvalue weighted by Gasteiger charge is -2.20. The summed E-state index contributed by atoms with van der Waals surface area (Å²) >= 11 is 3.46. The summed E-state index contributed by atoms with van der Waals surface area (Å²) in [6.07, 6.45) is 0.719. The van der Waals surface area contributed by atoms with Crippen molar-refractivity contribution in [1.29, 1.82) is 0 Å². The van der Waals surface area contributed by atoms with E-state index in [4.69, 9.17) is 5.84 Å². The van der Waals surface area contributed by atoms with E-state index in [2.05, 4.69) is 47.3 Å². The van der Waals surface area contributed by atoms with Crippen LogP contribution in [0.3, 0.4) is 0 Å². The molecule has 0 spiro atoms. The van der Waals surface area contributed by atoms with Gasteiger partial charge in [-0.1, -0.05) is 34.1 Å². The molecule has 0 saturated carbocycles. The minimum atomic E-state index is -0.259. The van der Waals surface area contributed by atoms with Crippen molar-refractivity contribution in [3.05, 3.63) is 68.9 Å². The van der Waals surface area contributed by atoms with Crippen LogP contribution in [0.25, 0.3) is 0 Å². The molecule has 0 aliphatic heterocycles. The summed E-state index contributed by atoms with van der Waals surface area (Å²) in [5, 5.41) is 0. The molecule has 0 heterocycles. The normalized spacial score (nSPS) is 12.4. The third-order valence-electron chi connectivity index (χ3n) is 3.59. The van der Waals surface area contributed by atoms with Gasteiger partial charge in [0.05, 0.1) is 6.04 Å². The molecule has 2 aromatic carbocycles. The van der Waals surface area contributed by atoms with Crippen molar-refractivity contribution >= 4 is 15.9 Å². The second kappa shape index (κ2) is 6.48. The molecular formula is C16H18BrFN2. The van der Waals surface area contributed by atoms with Gasteiger partial charge in [0, 0.05) is 4.47 Å². The van der Waals surface area contributed by atoms with Crippen molar-refractivity contribution in [2.75, 3.05) is 0 Å². The number of nitrogens with one attached hydrogen (secondary N) is 1. The Bertz CT molecular complexity index is 593. The maximum absolute atomic E-state index is 13.5. The average Bonchev–Trinajstić information content (AvgIpc) is 2.42. The Morgan fingerprint density at radius 1 is 1.20 bits per heavy atom. The molecule has 20 heavy (non-hydrogen) atoms. The van der Waals surface area contributed by atoms with Crippen molar-refractivity contribution in [3.8, 4) is 0 Å². The van der Waals surface area contributed by atoms with Crippen LogP contribution in [0.5, 0.6) is 0 Å². The molecule has 0 amide bonds. The Hall–Kier alpha value is -1.23. The van der Waals surface area contributed by atoms with Gasteiger partial charge < -0.3 is 0 Å². The maximum Gasteiger partial charge on any atom is 0.123 e. The molecule has 0 bridgehead atoms. The van der Waals surface area contributed by atoms with Crippen LogP contribution < -0.4 is 11.3 Å². The van der Waals surface area contributed by atoms with Crippen LogP contribution in [0, 0.1) is 19.7 Å². The summed E-state index contributed by atoms with van der Waals surface area (Å²) in [6, 6.07) is 10.7. The van der Waals surface area contributed by atoms with E-state index in [1.165, 1.54) is 28.8 Å². The highest BCUT2D eigenvalue weighted by atomic mass is 79.9. The molecule has 106 valence electrons. The lowest BCUT2D eigenvalue weighted by atomic mass is 9.93. The fourth-order valence-electron chi connectivity index (χ4n) is 2.42. The molecule has 0 aliphatic rings.